The number of aryl methyl sites for hydroxylation is 1. The number of nitrogens with one attached hydrogen (secondary N) is 1. The third-order valence-electron chi connectivity index (χ3n) is 3.30. The molecular weight excluding hydrogens is 310 g/mol. The number of rotatable bonds is 3. The fourth-order valence-electron chi connectivity index (χ4n) is 2.20. The van der Waals surface area contributed by atoms with Gasteiger partial charge in [0, 0.05) is 6.54 Å². The van der Waals surface area contributed by atoms with Gasteiger partial charge in [-0.15, -0.1) is 11.3 Å². The molecule has 1 atom stereocenters. The zero-order valence-electron chi connectivity index (χ0n) is 11.7. The lowest BCUT2D eigenvalue weighted by Crippen LogP contribution is -2.29. The average Bonchev–Trinajstić information content (AvgIpc) is 2.96. The predicted molar refractivity (Wildman–Crippen MR) is 82.1 cm³/mol. The van der Waals surface area contributed by atoms with E-state index in [2.05, 4.69) is 17.2 Å². The standard InChI is InChI=1S/C14H17NO4S2/c1-10-7-13(20-12(10)3-2-5-16)14(17)15-8-11-4-6-21(18,19)9-11/h7,11,16H,4-6,8-9H2,1H3,(H,15,17). The first-order valence-electron chi connectivity index (χ1n) is 6.60. The van der Waals surface area contributed by atoms with E-state index in [0.717, 1.165) is 10.4 Å². The van der Waals surface area contributed by atoms with Gasteiger partial charge in [-0.1, -0.05) is 11.8 Å². The molecular formula is C14H17NO4S2. The van der Waals surface area contributed by atoms with Crippen LogP contribution in [0, 0.1) is 24.7 Å². The molecule has 2 rings (SSSR count). The van der Waals surface area contributed by atoms with Crippen LogP contribution in [0.25, 0.3) is 0 Å². The highest BCUT2D eigenvalue weighted by atomic mass is 32.2. The van der Waals surface area contributed by atoms with Gasteiger partial charge in [-0.2, -0.15) is 0 Å². The van der Waals surface area contributed by atoms with E-state index in [1.165, 1.54) is 11.3 Å². The Bertz CT molecular complexity index is 694. The molecule has 1 aliphatic heterocycles. The van der Waals surface area contributed by atoms with E-state index in [1.54, 1.807) is 6.07 Å². The Hall–Kier alpha value is -1.36. The Balaban J connectivity index is 1.95. The summed E-state index contributed by atoms with van der Waals surface area (Å²) in [6.45, 7) is 2.03. The van der Waals surface area contributed by atoms with Crippen molar-refractivity contribution in [2.75, 3.05) is 24.7 Å². The molecule has 114 valence electrons. The van der Waals surface area contributed by atoms with Gasteiger partial charge in [-0.3, -0.25) is 4.79 Å². The quantitative estimate of drug-likeness (QED) is 0.795. The van der Waals surface area contributed by atoms with Crippen LogP contribution in [0.5, 0.6) is 0 Å². The molecule has 0 bridgehead atoms. The normalized spacial score (nSPS) is 19.8. The van der Waals surface area contributed by atoms with Gasteiger partial charge in [0.05, 0.1) is 21.3 Å². The van der Waals surface area contributed by atoms with Crippen molar-refractivity contribution in [3.05, 3.63) is 21.4 Å². The highest BCUT2D eigenvalue weighted by Gasteiger charge is 2.28. The Kier molecular flexibility index (Phi) is 5.04. The lowest BCUT2D eigenvalue weighted by atomic mass is 10.1. The first-order chi connectivity index (χ1) is 9.91. The Morgan fingerprint density at radius 3 is 2.95 bits per heavy atom. The number of aliphatic hydroxyl groups excluding tert-OH is 1. The maximum absolute atomic E-state index is 12.1. The molecule has 21 heavy (non-hydrogen) atoms. The highest BCUT2D eigenvalue weighted by Crippen LogP contribution is 2.21. The fraction of sp³-hybridized carbons (Fsp3) is 0.500. The number of hydrogen-bond donors (Lipinski definition) is 2. The number of amides is 1. The molecule has 5 nitrogen and oxygen atoms in total. The van der Waals surface area contributed by atoms with Crippen LogP contribution < -0.4 is 5.32 Å². The highest BCUT2D eigenvalue weighted by molar-refractivity contribution is 7.91. The van der Waals surface area contributed by atoms with Crippen molar-refractivity contribution in [2.24, 2.45) is 5.92 Å². The van der Waals surface area contributed by atoms with E-state index in [0.29, 0.717) is 17.8 Å². The minimum absolute atomic E-state index is 0.00802. The molecule has 0 radical (unpaired) electrons. The maximum Gasteiger partial charge on any atom is 0.261 e. The second-order valence-electron chi connectivity index (χ2n) is 5.06. The Morgan fingerprint density at radius 2 is 2.33 bits per heavy atom. The van der Waals surface area contributed by atoms with Crippen LogP contribution in [0.3, 0.4) is 0 Å². The zero-order valence-corrected chi connectivity index (χ0v) is 13.3. The summed E-state index contributed by atoms with van der Waals surface area (Å²) < 4.78 is 22.7. The van der Waals surface area contributed by atoms with Crippen molar-refractivity contribution < 1.29 is 18.3 Å². The molecule has 2 N–H and O–H groups in total. The molecule has 1 saturated heterocycles. The summed E-state index contributed by atoms with van der Waals surface area (Å²) in [5, 5.41) is 11.5. The summed E-state index contributed by atoms with van der Waals surface area (Å²) >= 11 is 1.27. The summed E-state index contributed by atoms with van der Waals surface area (Å²) in [7, 11) is -2.91. The van der Waals surface area contributed by atoms with Gasteiger partial charge in [0.25, 0.3) is 5.91 Å². The third-order valence-corrected chi connectivity index (χ3v) is 6.29. The summed E-state index contributed by atoms with van der Waals surface area (Å²) in [5.74, 6) is 5.54. The van der Waals surface area contributed by atoms with Gasteiger partial charge < -0.3 is 10.4 Å². The van der Waals surface area contributed by atoms with Crippen LogP contribution in [-0.4, -0.2) is 44.1 Å². The van der Waals surface area contributed by atoms with Crippen molar-refractivity contribution in [2.45, 2.75) is 13.3 Å². The lowest BCUT2D eigenvalue weighted by molar-refractivity contribution is 0.0952. The van der Waals surface area contributed by atoms with Gasteiger partial charge in [0.1, 0.15) is 6.61 Å². The number of aliphatic hydroxyl groups is 1. The van der Waals surface area contributed by atoms with E-state index >= 15 is 0 Å². The van der Waals surface area contributed by atoms with Gasteiger partial charge in [0.2, 0.25) is 0 Å². The van der Waals surface area contributed by atoms with Gasteiger partial charge in [-0.25, -0.2) is 8.42 Å². The molecule has 1 aliphatic rings. The van der Waals surface area contributed by atoms with Crippen molar-refractivity contribution in [1.82, 2.24) is 5.32 Å². The zero-order chi connectivity index (χ0) is 15.5. The molecule has 0 aromatic carbocycles. The fourth-order valence-corrected chi connectivity index (χ4v) is 5.02. The molecule has 0 saturated carbocycles. The van der Waals surface area contributed by atoms with Crippen molar-refractivity contribution >= 4 is 27.1 Å². The Morgan fingerprint density at radius 1 is 1.57 bits per heavy atom. The van der Waals surface area contributed by atoms with Gasteiger partial charge in [-0.05, 0) is 30.9 Å². The number of carbonyl (C=O) groups excluding carboxylic acids is 1. The molecule has 1 fully saturated rings. The summed E-state index contributed by atoms with van der Waals surface area (Å²) in [6.07, 6.45) is 0.610. The van der Waals surface area contributed by atoms with Gasteiger partial charge in [0.15, 0.2) is 9.84 Å². The predicted octanol–water partition coefficient (Wildman–Crippen LogP) is 0.565. The molecule has 1 aromatic heterocycles. The molecule has 1 unspecified atom stereocenters. The summed E-state index contributed by atoms with van der Waals surface area (Å²) in [6, 6.07) is 1.76. The molecule has 1 aromatic rings. The van der Waals surface area contributed by atoms with Gasteiger partial charge >= 0.3 is 0 Å². The topological polar surface area (TPSA) is 83.5 Å². The smallest absolute Gasteiger partial charge is 0.261 e. The van der Waals surface area contributed by atoms with E-state index in [9.17, 15) is 13.2 Å². The van der Waals surface area contributed by atoms with Crippen molar-refractivity contribution in [1.29, 1.82) is 0 Å². The monoisotopic (exact) mass is 327 g/mol. The number of hydrogen-bond acceptors (Lipinski definition) is 5. The largest absolute Gasteiger partial charge is 0.384 e. The average molecular weight is 327 g/mol. The summed E-state index contributed by atoms with van der Waals surface area (Å²) in [4.78, 5) is 13.4. The molecule has 7 heteroatoms. The van der Waals surface area contributed by atoms with E-state index in [4.69, 9.17) is 5.11 Å². The van der Waals surface area contributed by atoms with Crippen LogP contribution in [0.4, 0.5) is 0 Å². The number of sulfone groups is 1. The summed E-state index contributed by atoms with van der Waals surface area (Å²) in [5.41, 5.74) is 0.898. The molecule has 0 aliphatic carbocycles. The van der Waals surface area contributed by atoms with Crippen LogP contribution in [0.2, 0.25) is 0 Å². The SMILES string of the molecule is Cc1cc(C(=O)NCC2CCS(=O)(=O)C2)sc1C#CCO. The molecule has 2 heterocycles. The van der Waals surface area contributed by atoms with E-state index in [1.807, 2.05) is 6.92 Å². The number of carbonyl (C=O) groups is 1. The van der Waals surface area contributed by atoms with Crippen LogP contribution in [0.15, 0.2) is 6.07 Å². The van der Waals surface area contributed by atoms with Crippen LogP contribution in [-0.2, 0) is 9.84 Å². The second-order valence-corrected chi connectivity index (χ2v) is 8.34. The molecule has 0 spiro atoms. The first-order valence-corrected chi connectivity index (χ1v) is 9.24. The van der Waals surface area contributed by atoms with Crippen molar-refractivity contribution in [3.63, 3.8) is 0 Å². The maximum atomic E-state index is 12.1. The Labute approximate surface area is 128 Å². The number of thiophene rings is 1. The third kappa shape index (κ3) is 4.30. The minimum atomic E-state index is -2.91. The van der Waals surface area contributed by atoms with E-state index < -0.39 is 9.84 Å². The van der Waals surface area contributed by atoms with Crippen molar-refractivity contribution in [3.8, 4) is 11.8 Å². The van der Waals surface area contributed by atoms with Crippen LogP contribution >= 0.6 is 11.3 Å². The lowest BCUT2D eigenvalue weighted by Gasteiger charge is -2.08. The van der Waals surface area contributed by atoms with E-state index in [-0.39, 0.29) is 29.9 Å². The van der Waals surface area contributed by atoms with Crippen LogP contribution in [0.1, 0.15) is 26.5 Å². The first kappa shape index (κ1) is 16.0. The molecule has 1 amide bonds. The minimum Gasteiger partial charge on any atom is -0.384 e. The second kappa shape index (κ2) is 6.60.